The topological polar surface area (TPSA) is 100.0 Å². The molecule has 0 aliphatic carbocycles. The second-order valence-corrected chi connectivity index (χ2v) is 6.11. The Morgan fingerprint density at radius 3 is 2.79 bits per heavy atom. The maximum absolute atomic E-state index is 11.8. The first-order valence-electron chi connectivity index (χ1n) is 7.62. The zero-order chi connectivity index (χ0) is 17.4. The largest absolute Gasteiger partial charge is 0.497 e. The van der Waals surface area contributed by atoms with Crippen LogP contribution in [-0.2, 0) is 11.2 Å². The Balaban J connectivity index is 2.29. The quantitative estimate of drug-likeness (QED) is 0.435. The summed E-state index contributed by atoms with van der Waals surface area (Å²) in [5.74, 6) is 0.718. The van der Waals surface area contributed by atoms with Crippen molar-refractivity contribution >= 4 is 22.4 Å². The van der Waals surface area contributed by atoms with Gasteiger partial charge in [0.15, 0.2) is 5.13 Å². The molecule has 0 unspecified atom stereocenters. The third kappa shape index (κ3) is 4.71. The van der Waals surface area contributed by atoms with E-state index in [2.05, 4.69) is 20.3 Å². The number of methoxy groups -OCH3 is 1. The number of amides is 1. The molecule has 0 radical (unpaired) electrons. The van der Waals surface area contributed by atoms with Crippen LogP contribution in [-0.4, -0.2) is 24.5 Å². The van der Waals surface area contributed by atoms with E-state index in [4.69, 9.17) is 10.3 Å². The monoisotopic (exact) mass is 345 g/mol. The Labute approximate surface area is 144 Å². The Morgan fingerprint density at radius 1 is 1.42 bits per heavy atom. The highest BCUT2D eigenvalue weighted by Gasteiger charge is 2.14. The molecular weight excluding hydrogens is 326 g/mol. The first kappa shape index (κ1) is 17.8. The Kier molecular flexibility index (Phi) is 6.60. The molecule has 1 aromatic carbocycles. The van der Waals surface area contributed by atoms with Crippen LogP contribution in [0.2, 0.25) is 0 Å². The molecule has 0 aliphatic heterocycles. The molecule has 0 bridgehead atoms. The van der Waals surface area contributed by atoms with Crippen LogP contribution in [0.25, 0.3) is 21.7 Å². The molecule has 7 nitrogen and oxygen atoms in total. The molecule has 0 saturated heterocycles. The standard InChI is InChI=1S/C16H19N5O2S/c1-3-4-14(22)19-16-20-15(13(24-16)9-10-18-21-17)11-5-7-12(23-2)8-6-11/h5-8H,3-4,9-10H2,1-2H3,(H,19,20,22). The maximum atomic E-state index is 11.8. The van der Waals surface area contributed by atoms with Crippen molar-refractivity contribution < 1.29 is 9.53 Å². The minimum Gasteiger partial charge on any atom is -0.497 e. The fourth-order valence-electron chi connectivity index (χ4n) is 2.15. The molecule has 1 heterocycles. The lowest BCUT2D eigenvalue weighted by Gasteiger charge is -2.03. The van der Waals surface area contributed by atoms with E-state index in [0.717, 1.165) is 28.3 Å². The van der Waals surface area contributed by atoms with Crippen molar-refractivity contribution in [3.8, 4) is 17.0 Å². The maximum Gasteiger partial charge on any atom is 0.226 e. The number of aromatic nitrogens is 1. The molecule has 0 spiro atoms. The highest BCUT2D eigenvalue weighted by atomic mass is 32.1. The van der Waals surface area contributed by atoms with E-state index in [-0.39, 0.29) is 5.91 Å². The molecule has 24 heavy (non-hydrogen) atoms. The Morgan fingerprint density at radius 2 is 2.17 bits per heavy atom. The summed E-state index contributed by atoms with van der Waals surface area (Å²) in [6, 6.07) is 7.56. The minimum absolute atomic E-state index is 0.0471. The van der Waals surface area contributed by atoms with E-state index in [9.17, 15) is 4.79 Å². The summed E-state index contributed by atoms with van der Waals surface area (Å²) < 4.78 is 5.17. The molecule has 2 aromatic rings. The number of hydrogen-bond acceptors (Lipinski definition) is 5. The second-order valence-electron chi connectivity index (χ2n) is 5.02. The molecule has 0 fully saturated rings. The van der Waals surface area contributed by atoms with E-state index < -0.39 is 0 Å². The molecule has 0 aliphatic rings. The number of nitrogens with one attached hydrogen (secondary N) is 1. The van der Waals surface area contributed by atoms with Gasteiger partial charge in [0.25, 0.3) is 0 Å². The molecule has 8 heteroatoms. The second kappa shape index (κ2) is 8.90. The van der Waals surface area contributed by atoms with Gasteiger partial charge in [0, 0.05) is 28.3 Å². The van der Waals surface area contributed by atoms with E-state index >= 15 is 0 Å². The Bertz CT molecular complexity index is 735. The van der Waals surface area contributed by atoms with Gasteiger partial charge in [-0.3, -0.25) is 4.79 Å². The third-order valence-corrected chi connectivity index (χ3v) is 4.32. The van der Waals surface area contributed by atoms with E-state index in [1.165, 1.54) is 11.3 Å². The fourth-order valence-corrected chi connectivity index (χ4v) is 3.14. The average Bonchev–Trinajstić information content (AvgIpc) is 2.98. The van der Waals surface area contributed by atoms with Crippen LogP contribution in [0.15, 0.2) is 29.4 Å². The van der Waals surface area contributed by atoms with Crippen molar-refractivity contribution in [1.82, 2.24) is 4.98 Å². The van der Waals surface area contributed by atoms with Crippen LogP contribution in [0.5, 0.6) is 5.75 Å². The molecule has 0 saturated carbocycles. The van der Waals surface area contributed by atoms with Gasteiger partial charge in [-0.2, -0.15) is 0 Å². The molecule has 1 aromatic heterocycles. The van der Waals surface area contributed by atoms with Gasteiger partial charge < -0.3 is 10.1 Å². The number of benzene rings is 1. The van der Waals surface area contributed by atoms with Gasteiger partial charge in [0.05, 0.1) is 12.8 Å². The predicted molar refractivity (Wildman–Crippen MR) is 95.4 cm³/mol. The SMILES string of the molecule is CCCC(=O)Nc1nc(-c2ccc(OC)cc2)c(CCN=[N+]=[N-])s1. The van der Waals surface area contributed by atoms with Gasteiger partial charge >= 0.3 is 0 Å². The number of ether oxygens (including phenoxy) is 1. The lowest BCUT2D eigenvalue weighted by Crippen LogP contribution is -2.10. The summed E-state index contributed by atoms with van der Waals surface area (Å²) in [5, 5.41) is 6.97. The zero-order valence-corrected chi connectivity index (χ0v) is 14.5. The van der Waals surface area contributed by atoms with Gasteiger partial charge in [0.1, 0.15) is 5.75 Å². The minimum atomic E-state index is -0.0471. The summed E-state index contributed by atoms with van der Waals surface area (Å²) >= 11 is 1.41. The van der Waals surface area contributed by atoms with Crippen molar-refractivity contribution in [2.45, 2.75) is 26.2 Å². The Hall–Kier alpha value is -2.57. The van der Waals surface area contributed by atoms with Crippen LogP contribution < -0.4 is 10.1 Å². The van der Waals surface area contributed by atoms with E-state index in [1.54, 1.807) is 7.11 Å². The molecule has 2 rings (SSSR count). The molecule has 1 amide bonds. The zero-order valence-electron chi connectivity index (χ0n) is 13.7. The van der Waals surface area contributed by atoms with Crippen molar-refractivity contribution in [3.05, 3.63) is 39.6 Å². The van der Waals surface area contributed by atoms with Gasteiger partial charge in [-0.25, -0.2) is 4.98 Å². The smallest absolute Gasteiger partial charge is 0.226 e. The fraction of sp³-hybridized carbons (Fsp3) is 0.375. The summed E-state index contributed by atoms with van der Waals surface area (Å²) in [5.41, 5.74) is 10.2. The van der Waals surface area contributed by atoms with Crippen LogP contribution in [0.3, 0.4) is 0 Å². The number of carbonyl (C=O) groups is 1. The van der Waals surface area contributed by atoms with E-state index in [1.807, 2.05) is 31.2 Å². The lowest BCUT2D eigenvalue weighted by atomic mass is 10.1. The van der Waals surface area contributed by atoms with Crippen molar-refractivity contribution in [3.63, 3.8) is 0 Å². The summed E-state index contributed by atoms with van der Waals surface area (Å²) in [6.07, 6.45) is 1.82. The summed E-state index contributed by atoms with van der Waals surface area (Å²) in [6.45, 7) is 2.31. The first-order valence-corrected chi connectivity index (χ1v) is 8.44. The molecule has 1 N–H and O–H groups in total. The molecular formula is C16H19N5O2S. The van der Waals surface area contributed by atoms with Crippen molar-refractivity contribution in [2.75, 3.05) is 19.0 Å². The van der Waals surface area contributed by atoms with E-state index in [0.29, 0.717) is 24.5 Å². The van der Waals surface area contributed by atoms with Gasteiger partial charge in [-0.1, -0.05) is 12.0 Å². The third-order valence-electron chi connectivity index (χ3n) is 3.29. The number of nitrogens with zero attached hydrogens (tertiary/aromatic N) is 4. The van der Waals surface area contributed by atoms with Gasteiger partial charge in [0.2, 0.25) is 5.91 Å². The van der Waals surface area contributed by atoms with Gasteiger partial charge in [-0.15, -0.1) is 11.3 Å². The number of azide groups is 1. The summed E-state index contributed by atoms with van der Waals surface area (Å²) in [4.78, 5) is 20.1. The first-order chi connectivity index (χ1) is 11.7. The lowest BCUT2D eigenvalue weighted by molar-refractivity contribution is -0.116. The van der Waals surface area contributed by atoms with Gasteiger partial charge in [-0.05, 0) is 42.6 Å². The van der Waals surface area contributed by atoms with Crippen molar-refractivity contribution in [1.29, 1.82) is 0 Å². The van der Waals surface area contributed by atoms with Crippen LogP contribution in [0.4, 0.5) is 5.13 Å². The highest BCUT2D eigenvalue weighted by molar-refractivity contribution is 7.16. The normalized spacial score (nSPS) is 10.1. The molecule has 126 valence electrons. The molecule has 0 atom stereocenters. The number of thiazole rings is 1. The van der Waals surface area contributed by atoms with Crippen LogP contribution in [0.1, 0.15) is 24.6 Å². The predicted octanol–water partition coefficient (Wildman–Crippen LogP) is 4.41. The number of hydrogen-bond donors (Lipinski definition) is 1. The number of carbonyl (C=O) groups excluding carboxylic acids is 1. The number of anilines is 1. The number of rotatable bonds is 8. The summed E-state index contributed by atoms with van der Waals surface area (Å²) in [7, 11) is 1.62. The van der Waals surface area contributed by atoms with Crippen LogP contribution in [0, 0.1) is 0 Å². The highest BCUT2D eigenvalue weighted by Crippen LogP contribution is 2.32. The van der Waals surface area contributed by atoms with Crippen molar-refractivity contribution in [2.24, 2.45) is 5.11 Å². The average molecular weight is 345 g/mol. The van der Waals surface area contributed by atoms with Crippen LogP contribution >= 0.6 is 11.3 Å².